The Bertz CT molecular complexity index is 1250. The molecule has 2 aromatic heterocycles. The lowest BCUT2D eigenvalue weighted by molar-refractivity contribution is -0.118. The van der Waals surface area contributed by atoms with E-state index in [4.69, 9.17) is 9.72 Å². The Hall–Kier alpha value is -2.90. The number of fused-ring (bicyclic) bond motifs is 1. The lowest BCUT2D eigenvalue weighted by atomic mass is 10.1. The molecule has 168 valence electrons. The fourth-order valence-corrected chi connectivity index (χ4v) is 6.73. The molecule has 0 aliphatic carbocycles. The van der Waals surface area contributed by atoms with E-state index in [0.29, 0.717) is 16.1 Å². The van der Waals surface area contributed by atoms with Crippen molar-refractivity contribution < 1.29 is 9.53 Å². The number of rotatable bonds is 6. The summed E-state index contributed by atoms with van der Waals surface area (Å²) in [4.78, 5) is 17.6. The minimum Gasteiger partial charge on any atom is -0.484 e. The predicted octanol–water partition coefficient (Wildman–Crippen LogP) is 6.20. The zero-order valence-corrected chi connectivity index (χ0v) is 20.0. The number of thioether (sulfide) groups is 2. The number of benzene rings is 2. The molecule has 2 aromatic carbocycles. The number of ether oxygens (including phenoxy) is 1. The highest BCUT2D eigenvalue weighted by molar-refractivity contribution is 8.16. The Kier molecular flexibility index (Phi) is 6.60. The van der Waals surface area contributed by atoms with Crippen LogP contribution < -0.4 is 10.1 Å². The number of nitrogens with one attached hydrogen (secondary N) is 1. The van der Waals surface area contributed by atoms with Gasteiger partial charge in [-0.2, -0.15) is 0 Å². The number of anilines is 1. The summed E-state index contributed by atoms with van der Waals surface area (Å²) in [5, 5.41) is 3.02. The molecule has 5 nitrogen and oxygen atoms in total. The highest BCUT2D eigenvalue weighted by Gasteiger charge is 2.18. The largest absolute Gasteiger partial charge is 0.484 e. The molecule has 7 heteroatoms. The van der Waals surface area contributed by atoms with Gasteiger partial charge in [-0.15, -0.1) is 23.5 Å². The second-order valence-corrected chi connectivity index (χ2v) is 10.6. The Morgan fingerprint density at radius 2 is 1.82 bits per heavy atom. The Balaban J connectivity index is 1.31. The van der Waals surface area contributed by atoms with Gasteiger partial charge in [-0.25, -0.2) is 4.98 Å². The van der Waals surface area contributed by atoms with E-state index in [1.54, 1.807) is 0 Å². The smallest absolute Gasteiger partial charge is 0.263 e. The maximum absolute atomic E-state index is 12.8. The third-order valence-electron chi connectivity index (χ3n) is 5.50. The summed E-state index contributed by atoms with van der Waals surface area (Å²) >= 11 is 3.99. The number of aromatic nitrogens is 2. The molecule has 4 aromatic rings. The van der Waals surface area contributed by atoms with E-state index in [9.17, 15) is 4.79 Å². The van der Waals surface area contributed by atoms with Gasteiger partial charge < -0.3 is 10.1 Å². The number of nitrogens with zero attached hydrogens (tertiary/aromatic N) is 2. The third-order valence-corrected chi connectivity index (χ3v) is 8.51. The highest BCUT2D eigenvalue weighted by Crippen LogP contribution is 2.43. The Labute approximate surface area is 202 Å². The van der Waals surface area contributed by atoms with E-state index < -0.39 is 0 Å². The van der Waals surface area contributed by atoms with Crippen molar-refractivity contribution in [3.05, 3.63) is 84.1 Å². The number of imidazole rings is 1. The maximum Gasteiger partial charge on any atom is 0.263 e. The first-order valence-electron chi connectivity index (χ1n) is 11.0. The molecule has 0 bridgehead atoms. The van der Waals surface area contributed by atoms with Crippen LogP contribution in [0.1, 0.15) is 22.1 Å². The molecule has 1 saturated heterocycles. The normalized spacial score (nSPS) is 14.3. The number of carbonyl (C=O) groups excluding carboxylic acids is 1. The van der Waals surface area contributed by atoms with Crippen LogP contribution in [-0.4, -0.2) is 33.4 Å². The molecule has 1 aliphatic heterocycles. The molecule has 33 heavy (non-hydrogen) atoms. The summed E-state index contributed by atoms with van der Waals surface area (Å²) in [6.07, 6.45) is 3.19. The van der Waals surface area contributed by atoms with E-state index in [1.165, 1.54) is 23.5 Å². The SMILES string of the molecule is Cc1cccn2c(NC(=O)COc3ccc(C4SCCCS4)cc3)c(-c3ccccc3)nc12. The van der Waals surface area contributed by atoms with E-state index >= 15 is 0 Å². The standard InChI is InChI=1S/C26H25N3O2S2/c1-18-7-5-14-29-24(18)28-23(19-8-3-2-4-9-19)25(29)27-22(30)17-31-21-12-10-20(11-13-21)26-32-15-6-16-33-26/h2-5,7-14,26H,6,15-17H2,1H3,(H,27,30). The average Bonchev–Trinajstić information content (AvgIpc) is 3.24. The van der Waals surface area contributed by atoms with Gasteiger partial charge in [0.25, 0.3) is 5.91 Å². The van der Waals surface area contributed by atoms with Crippen molar-refractivity contribution in [3.63, 3.8) is 0 Å². The number of pyridine rings is 1. The van der Waals surface area contributed by atoms with Crippen LogP contribution in [-0.2, 0) is 4.79 Å². The van der Waals surface area contributed by atoms with Crippen molar-refractivity contribution in [1.82, 2.24) is 9.38 Å². The van der Waals surface area contributed by atoms with E-state index in [2.05, 4.69) is 17.4 Å². The van der Waals surface area contributed by atoms with Crippen molar-refractivity contribution >= 4 is 40.9 Å². The zero-order chi connectivity index (χ0) is 22.6. The monoisotopic (exact) mass is 475 g/mol. The van der Waals surface area contributed by atoms with E-state index in [0.717, 1.165) is 22.5 Å². The van der Waals surface area contributed by atoms with Crippen molar-refractivity contribution in [1.29, 1.82) is 0 Å². The van der Waals surface area contributed by atoms with Gasteiger partial charge in [-0.05, 0) is 54.2 Å². The van der Waals surface area contributed by atoms with Gasteiger partial charge in [0.15, 0.2) is 6.61 Å². The number of amides is 1. The quantitative estimate of drug-likeness (QED) is 0.360. The second kappa shape index (κ2) is 9.93. The number of carbonyl (C=O) groups is 1. The average molecular weight is 476 g/mol. The molecular weight excluding hydrogens is 450 g/mol. The van der Waals surface area contributed by atoms with Crippen LogP contribution in [0, 0.1) is 6.92 Å². The molecule has 0 atom stereocenters. The molecule has 1 aliphatic rings. The van der Waals surface area contributed by atoms with Crippen molar-refractivity contribution in [2.75, 3.05) is 23.4 Å². The topological polar surface area (TPSA) is 55.6 Å². The van der Waals surface area contributed by atoms with Gasteiger partial charge in [0.1, 0.15) is 22.9 Å². The summed E-state index contributed by atoms with van der Waals surface area (Å²) in [5.41, 5.74) is 4.86. The Morgan fingerprint density at radius 3 is 2.58 bits per heavy atom. The van der Waals surface area contributed by atoms with Crippen LogP contribution in [0.15, 0.2) is 72.9 Å². The lowest BCUT2D eigenvalue weighted by Gasteiger charge is -2.21. The van der Waals surface area contributed by atoms with Crippen LogP contribution in [0.2, 0.25) is 0 Å². The van der Waals surface area contributed by atoms with Gasteiger partial charge in [0.2, 0.25) is 0 Å². The second-order valence-electron chi connectivity index (χ2n) is 7.89. The molecule has 1 fully saturated rings. The zero-order valence-electron chi connectivity index (χ0n) is 18.4. The van der Waals surface area contributed by atoms with Gasteiger partial charge in [-0.3, -0.25) is 9.20 Å². The molecule has 1 amide bonds. The third kappa shape index (κ3) is 4.89. The number of hydrogen-bond donors (Lipinski definition) is 1. The van der Waals surface area contributed by atoms with E-state index in [-0.39, 0.29) is 12.5 Å². The molecule has 3 heterocycles. The van der Waals surface area contributed by atoms with E-state index in [1.807, 2.05) is 95.6 Å². The van der Waals surface area contributed by atoms with Gasteiger partial charge in [0.05, 0.1) is 4.58 Å². The predicted molar refractivity (Wildman–Crippen MR) is 138 cm³/mol. The summed E-state index contributed by atoms with van der Waals surface area (Å²) in [6.45, 7) is 1.94. The van der Waals surface area contributed by atoms with Crippen LogP contribution in [0.5, 0.6) is 5.75 Å². The van der Waals surface area contributed by atoms with Gasteiger partial charge >= 0.3 is 0 Å². The Morgan fingerprint density at radius 1 is 1.06 bits per heavy atom. The number of hydrogen-bond acceptors (Lipinski definition) is 5. The molecule has 5 rings (SSSR count). The summed E-state index contributed by atoms with van der Waals surface area (Å²) in [6, 6.07) is 22.0. The first-order valence-corrected chi connectivity index (χ1v) is 13.1. The maximum atomic E-state index is 12.8. The minimum atomic E-state index is -0.224. The van der Waals surface area contributed by atoms with Crippen molar-refractivity contribution in [2.45, 2.75) is 17.9 Å². The van der Waals surface area contributed by atoms with Crippen molar-refractivity contribution in [3.8, 4) is 17.0 Å². The van der Waals surface area contributed by atoms with Crippen LogP contribution in [0.4, 0.5) is 5.82 Å². The van der Waals surface area contributed by atoms with Crippen LogP contribution >= 0.6 is 23.5 Å². The van der Waals surface area contributed by atoms with Gasteiger partial charge in [0, 0.05) is 11.8 Å². The molecule has 0 spiro atoms. The molecule has 1 N–H and O–H groups in total. The first-order chi connectivity index (χ1) is 16.2. The van der Waals surface area contributed by atoms with Crippen molar-refractivity contribution in [2.24, 2.45) is 0 Å². The molecule has 0 saturated carbocycles. The summed E-state index contributed by atoms with van der Waals surface area (Å²) in [7, 11) is 0. The lowest BCUT2D eigenvalue weighted by Crippen LogP contribution is -2.21. The summed E-state index contributed by atoms with van der Waals surface area (Å²) < 4.78 is 8.20. The molecule has 0 unspecified atom stereocenters. The highest BCUT2D eigenvalue weighted by atomic mass is 32.2. The van der Waals surface area contributed by atoms with Crippen LogP contribution in [0.25, 0.3) is 16.9 Å². The first kappa shape index (κ1) is 21.9. The number of aryl methyl sites for hydroxylation is 1. The fraction of sp³-hybridized carbons (Fsp3) is 0.231. The fourth-order valence-electron chi connectivity index (χ4n) is 3.84. The summed E-state index contributed by atoms with van der Waals surface area (Å²) in [5.74, 6) is 3.54. The molecular formula is C26H25N3O2S2. The molecule has 0 radical (unpaired) electrons. The van der Waals surface area contributed by atoms with Crippen LogP contribution in [0.3, 0.4) is 0 Å². The van der Waals surface area contributed by atoms with Gasteiger partial charge in [-0.1, -0.05) is 48.5 Å². The minimum absolute atomic E-state index is 0.0699.